The smallest absolute Gasteiger partial charge is 0.338 e. The first-order chi connectivity index (χ1) is 13.0. The van der Waals surface area contributed by atoms with Crippen molar-refractivity contribution in [2.24, 2.45) is 0 Å². The molecule has 0 aliphatic carbocycles. The molecule has 1 heterocycles. The van der Waals surface area contributed by atoms with Crippen molar-refractivity contribution in [1.29, 1.82) is 0 Å². The molecule has 0 unspecified atom stereocenters. The Morgan fingerprint density at radius 1 is 1.11 bits per heavy atom. The van der Waals surface area contributed by atoms with Gasteiger partial charge in [-0.3, -0.25) is 0 Å². The zero-order chi connectivity index (χ0) is 19.3. The molecule has 1 N–H and O–H groups in total. The second-order valence-electron chi connectivity index (χ2n) is 5.59. The average molecular weight is 386 g/mol. The maximum Gasteiger partial charge on any atom is 0.338 e. The molecule has 0 saturated carbocycles. The summed E-state index contributed by atoms with van der Waals surface area (Å²) in [5.41, 5.74) is 1.11. The summed E-state index contributed by atoms with van der Waals surface area (Å²) in [7, 11) is -3.56. The normalized spacial score (nSPS) is 11.3. The molecule has 0 radical (unpaired) electrons. The molecular weight excluding hydrogens is 368 g/mol. The number of carbonyl (C=O) groups excluding carboxylic acids is 1. The lowest BCUT2D eigenvalue weighted by atomic mass is 10.2. The van der Waals surface area contributed by atoms with E-state index in [1.807, 2.05) is 30.3 Å². The Morgan fingerprint density at radius 3 is 2.48 bits per heavy atom. The fourth-order valence-corrected chi connectivity index (χ4v) is 3.41. The quantitative estimate of drug-likeness (QED) is 0.627. The van der Waals surface area contributed by atoms with Crippen LogP contribution in [0.4, 0.5) is 0 Å². The van der Waals surface area contributed by atoms with E-state index in [9.17, 15) is 13.2 Å². The molecule has 8 heteroatoms. The lowest BCUT2D eigenvalue weighted by Crippen LogP contribution is -2.23. The van der Waals surface area contributed by atoms with Gasteiger partial charge in [0.15, 0.2) is 12.4 Å². The third-order valence-electron chi connectivity index (χ3n) is 3.67. The molecule has 140 valence electrons. The van der Waals surface area contributed by atoms with E-state index in [4.69, 9.17) is 9.15 Å². The molecule has 0 fully saturated rings. The fraction of sp³-hybridized carbons (Fsp3) is 0.158. The zero-order valence-electron chi connectivity index (χ0n) is 14.6. The molecule has 0 atom stereocenters. The Labute approximate surface area is 157 Å². The Balaban J connectivity index is 1.62. The number of rotatable bonds is 7. The van der Waals surface area contributed by atoms with Crippen LogP contribution in [-0.2, 0) is 21.4 Å². The maximum absolute atomic E-state index is 12.1. The molecular formula is C19H18N2O5S. The molecule has 27 heavy (non-hydrogen) atoms. The lowest BCUT2D eigenvalue weighted by molar-refractivity contribution is 0.0439. The Morgan fingerprint density at radius 2 is 1.81 bits per heavy atom. The minimum Gasteiger partial charge on any atom is -0.452 e. The molecule has 0 aliphatic heterocycles. The van der Waals surface area contributed by atoms with Crippen molar-refractivity contribution >= 4 is 16.0 Å². The number of nitrogens with one attached hydrogen (secondary N) is 1. The highest BCUT2D eigenvalue weighted by molar-refractivity contribution is 7.89. The molecule has 1 aromatic heterocycles. The number of sulfonamides is 1. The van der Waals surface area contributed by atoms with Crippen LogP contribution in [0.2, 0.25) is 0 Å². The maximum atomic E-state index is 12.1. The molecule has 3 aromatic rings. The van der Waals surface area contributed by atoms with E-state index in [2.05, 4.69) is 9.71 Å². The number of esters is 1. The van der Waals surface area contributed by atoms with Crippen molar-refractivity contribution in [3.05, 3.63) is 72.2 Å². The van der Waals surface area contributed by atoms with Gasteiger partial charge in [0, 0.05) is 12.1 Å². The number of ether oxygens (including phenoxy) is 1. The topological polar surface area (TPSA) is 98.5 Å². The summed E-state index contributed by atoms with van der Waals surface area (Å²) >= 11 is 0. The number of hydrogen-bond acceptors (Lipinski definition) is 6. The van der Waals surface area contributed by atoms with E-state index in [0.29, 0.717) is 5.76 Å². The molecule has 0 saturated heterocycles. The third kappa shape index (κ3) is 4.60. The van der Waals surface area contributed by atoms with Crippen LogP contribution in [0.15, 0.2) is 70.1 Å². The number of nitrogens with zero attached hydrogens (tertiary/aromatic N) is 1. The van der Waals surface area contributed by atoms with Crippen molar-refractivity contribution < 1.29 is 22.4 Å². The van der Waals surface area contributed by atoms with Gasteiger partial charge in [-0.15, -0.1) is 0 Å². The first-order valence-electron chi connectivity index (χ1n) is 8.26. The minimum atomic E-state index is -3.56. The second-order valence-corrected chi connectivity index (χ2v) is 7.35. The summed E-state index contributed by atoms with van der Waals surface area (Å²) in [5, 5.41) is 0. The van der Waals surface area contributed by atoms with E-state index in [1.54, 1.807) is 13.1 Å². The predicted molar refractivity (Wildman–Crippen MR) is 98.4 cm³/mol. The van der Waals surface area contributed by atoms with Crippen LogP contribution in [0.3, 0.4) is 0 Å². The summed E-state index contributed by atoms with van der Waals surface area (Å²) in [4.78, 5) is 16.3. The van der Waals surface area contributed by atoms with Gasteiger partial charge in [0.1, 0.15) is 0 Å². The summed E-state index contributed by atoms with van der Waals surface area (Å²) < 4.78 is 36.9. The first kappa shape index (κ1) is 18.8. The van der Waals surface area contributed by atoms with Crippen LogP contribution in [0, 0.1) is 0 Å². The van der Waals surface area contributed by atoms with Crippen molar-refractivity contribution in [2.75, 3.05) is 6.54 Å². The van der Waals surface area contributed by atoms with Gasteiger partial charge in [-0.1, -0.05) is 37.3 Å². The van der Waals surface area contributed by atoms with Crippen LogP contribution in [0.25, 0.3) is 11.3 Å². The van der Waals surface area contributed by atoms with Crippen LogP contribution < -0.4 is 4.72 Å². The van der Waals surface area contributed by atoms with E-state index in [-0.39, 0.29) is 29.5 Å². The highest BCUT2D eigenvalue weighted by atomic mass is 32.2. The van der Waals surface area contributed by atoms with Crippen molar-refractivity contribution in [1.82, 2.24) is 9.71 Å². The highest BCUT2D eigenvalue weighted by Crippen LogP contribution is 2.20. The fourth-order valence-electron chi connectivity index (χ4n) is 2.37. The predicted octanol–water partition coefficient (Wildman–Crippen LogP) is 3.00. The van der Waals surface area contributed by atoms with Gasteiger partial charge >= 0.3 is 5.97 Å². The Bertz CT molecular complexity index is 1010. The number of benzene rings is 2. The van der Waals surface area contributed by atoms with Gasteiger partial charge in [0.25, 0.3) is 0 Å². The summed E-state index contributed by atoms with van der Waals surface area (Å²) in [6, 6.07) is 15.0. The van der Waals surface area contributed by atoms with E-state index >= 15 is 0 Å². The zero-order valence-corrected chi connectivity index (χ0v) is 15.4. The van der Waals surface area contributed by atoms with Gasteiger partial charge in [0.2, 0.25) is 15.9 Å². The molecule has 7 nitrogen and oxygen atoms in total. The van der Waals surface area contributed by atoms with Gasteiger partial charge in [-0.05, 0) is 24.3 Å². The van der Waals surface area contributed by atoms with Crippen LogP contribution in [-0.4, -0.2) is 25.9 Å². The minimum absolute atomic E-state index is 0.0844. The third-order valence-corrected chi connectivity index (χ3v) is 5.23. The Hall–Kier alpha value is -2.97. The van der Waals surface area contributed by atoms with Crippen molar-refractivity contribution in [2.45, 2.75) is 18.4 Å². The van der Waals surface area contributed by atoms with Crippen molar-refractivity contribution in [3.63, 3.8) is 0 Å². The van der Waals surface area contributed by atoms with E-state index < -0.39 is 16.0 Å². The van der Waals surface area contributed by atoms with Gasteiger partial charge in [-0.2, -0.15) is 0 Å². The molecule has 0 bridgehead atoms. The number of carbonyl (C=O) groups is 1. The molecule has 2 aromatic carbocycles. The Kier molecular flexibility index (Phi) is 5.68. The largest absolute Gasteiger partial charge is 0.452 e. The van der Waals surface area contributed by atoms with Crippen molar-refractivity contribution in [3.8, 4) is 11.3 Å². The SMILES string of the molecule is CCNS(=O)(=O)c1ccc(C(=O)OCc2ncc(-c3ccccc3)o2)cc1. The molecule has 0 amide bonds. The average Bonchev–Trinajstić information content (AvgIpc) is 3.16. The van der Waals surface area contributed by atoms with E-state index in [0.717, 1.165) is 5.56 Å². The standard InChI is InChI=1S/C19H18N2O5S/c1-2-21-27(23,24)16-10-8-15(9-11-16)19(22)25-13-18-20-12-17(26-18)14-6-4-3-5-7-14/h3-12,21H,2,13H2,1H3. The first-order valence-corrected chi connectivity index (χ1v) is 9.75. The molecule has 0 spiro atoms. The molecule has 0 aliphatic rings. The lowest BCUT2D eigenvalue weighted by Gasteiger charge is -2.06. The second kappa shape index (κ2) is 8.15. The summed E-state index contributed by atoms with van der Waals surface area (Å²) in [6.07, 6.45) is 1.57. The van der Waals surface area contributed by atoms with Crippen LogP contribution in [0.5, 0.6) is 0 Å². The molecule has 3 rings (SSSR count). The van der Waals surface area contributed by atoms with Gasteiger partial charge in [-0.25, -0.2) is 22.9 Å². The number of aromatic nitrogens is 1. The van der Waals surface area contributed by atoms with Gasteiger partial charge < -0.3 is 9.15 Å². The van der Waals surface area contributed by atoms with Crippen LogP contribution >= 0.6 is 0 Å². The summed E-state index contributed by atoms with van der Waals surface area (Å²) in [5.74, 6) is 0.259. The van der Waals surface area contributed by atoms with E-state index in [1.165, 1.54) is 24.3 Å². The number of oxazole rings is 1. The number of hydrogen-bond donors (Lipinski definition) is 1. The monoisotopic (exact) mass is 386 g/mol. The summed E-state index contributed by atoms with van der Waals surface area (Å²) in [6.45, 7) is 1.85. The highest BCUT2D eigenvalue weighted by Gasteiger charge is 2.15. The van der Waals surface area contributed by atoms with Crippen LogP contribution in [0.1, 0.15) is 23.2 Å². The van der Waals surface area contributed by atoms with Gasteiger partial charge in [0.05, 0.1) is 16.7 Å².